The van der Waals surface area contributed by atoms with E-state index in [0.29, 0.717) is 23.9 Å². The second-order valence-electron chi connectivity index (χ2n) is 5.10. The summed E-state index contributed by atoms with van der Waals surface area (Å²) in [7, 11) is 0. The van der Waals surface area contributed by atoms with E-state index in [4.69, 9.17) is 5.73 Å². The number of aryl methyl sites for hydroxylation is 1. The number of nitrogen functional groups attached to an aromatic ring is 1. The number of aromatic nitrogens is 1. The molecule has 20 heavy (non-hydrogen) atoms. The fraction of sp³-hybridized carbons (Fsp3) is 0.333. The summed E-state index contributed by atoms with van der Waals surface area (Å²) in [6.45, 7) is 0. The standard InChI is InChI=1S/C15H17N3OS/c16-12-4-2-1-3-10(12)7-8-14(19)18-15-17-13(9-20-15)11-5-6-11/h1-4,9,11H,5-8,16H2,(H,17,18,19). The van der Waals surface area contributed by atoms with E-state index in [0.717, 1.165) is 16.9 Å². The predicted octanol–water partition coefficient (Wildman–Crippen LogP) is 3.17. The molecule has 1 aliphatic rings. The first-order valence-corrected chi connectivity index (χ1v) is 7.69. The number of hydrogen-bond acceptors (Lipinski definition) is 4. The average molecular weight is 287 g/mol. The Kier molecular flexibility index (Phi) is 3.69. The fourth-order valence-corrected chi connectivity index (χ4v) is 2.91. The molecule has 0 spiro atoms. The topological polar surface area (TPSA) is 68.0 Å². The number of rotatable bonds is 5. The summed E-state index contributed by atoms with van der Waals surface area (Å²) >= 11 is 1.50. The van der Waals surface area contributed by atoms with Gasteiger partial charge in [-0.3, -0.25) is 4.79 Å². The maximum absolute atomic E-state index is 11.9. The number of nitrogens with zero attached hydrogens (tertiary/aromatic N) is 1. The molecule has 1 saturated carbocycles. The number of nitrogens with one attached hydrogen (secondary N) is 1. The number of benzene rings is 1. The monoisotopic (exact) mass is 287 g/mol. The van der Waals surface area contributed by atoms with Gasteiger partial charge in [-0.1, -0.05) is 18.2 Å². The highest BCUT2D eigenvalue weighted by Gasteiger charge is 2.26. The van der Waals surface area contributed by atoms with Gasteiger partial charge in [0, 0.05) is 23.4 Å². The van der Waals surface area contributed by atoms with Gasteiger partial charge < -0.3 is 11.1 Å². The third-order valence-electron chi connectivity index (χ3n) is 3.44. The van der Waals surface area contributed by atoms with Crippen molar-refractivity contribution in [3.05, 3.63) is 40.9 Å². The number of carbonyl (C=O) groups is 1. The van der Waals surface area contributed by atoms with E-state index >= 15 is 0 Å². The molecule has 1 aromatic carbocycles. The van der Waals surface area contributed by atoms with Gasteiger partial charge in [-0.25, -0.2) is 4.98 Å². The lowest BCUT2D eigenvalue weighted by Crippen LogP contribution is -2.12. The van der Waals surface area contributed by atoms with Crippen LogP contribution in [0.15, 0.2) is 29.6 Å². The minimum Gasteiger partial charge on any atom is -0.399 e. The van der Waals surface area contributed by atoms with Crippen LogP contribution in [0.3, 0.4) is 0 Å². The molecule has 1 aliphatic carbocycles. The molecule has 1 amide bonds. The van der Waals surface area contributed by atoms with Crippen LogP contribution in [0.25, 0.3) is 0 Å². The van der Waals surface area contributed by atoms with E-state index in [9.17, 15) is 4.79 Å². The van der Waals surface area contributed by atoms with Gasteiger partial charge in [0.1, 0.15) is 0 Å². The fourth-order valence-electron chi connectivity index (χ4n) is 2.10. The molecular formula is C15H17N3OS. The Morgan fingerprint density at radius 2 is 2.20 bits per heavy atom. The van der Waals surface area contributed by atoms with Gasteiger partial charge in [-0.15, -0.1) is 11.3 Å². The second-order valence-corrected chi connectivity index (χ2v) is 5.96. The van der Waals surface area contributed by atoms with Crippen LogP contribution in [0.4, 0.5) is 10.8 Å². The molecule has 1 heterocycles. The molecule has 2 aromatic rings. The summed E-state index contributed by atoms with van der Waals surface area (Å²) in [5.74, 6) is 0.617. The van der Waals surface area contributed by atoms with Crippen molar-refractivity contribution in [1.82, 2.24) is 4.98 Å². The molecule has 4 nitrogen and oxygen atoms in total. The van der Waals surface area contributed by atoms with Crippen LogP contribution in [-0.4, -0.2) is 10.9 Å². The highest BCUT2D eigenvalue weighted by atomic mass is 32.1. The third kappa shape index (κ3) is 3.17. The summed E-state index contributed by atoms with van der Waals surface area (Å²) in [4.78, 5) is 16.4. The Labute approximate surface area is 122 Å². The maximum atomic E-state index is 11.9. The lowest BCUT2D eigenvalue weighted by atomic mass is 10.1. The normalized spacial score (nSPS) is 14.2. The van der Waals surface area contributed by atoms with Crippen molar-refractivity contribution >= 4 is 28.1 Å². The molecule has 0 saturated heterocycles. The molecule has 0 radical (unpaired) electrons. The first-order valence-electron chi connectivity index (χ1n) is 6.81. The number of para-hydroxylation sites is 1. The van der Waals surface area contributed by atoms with Crippen LogP contribution in [-0.2, 0) is 11.2 Å². The Morgan fingerprint density at radius 3 is 2.95 bits per heavy atom. The molecule has 0 atom stereocenters. The molecule has 0 unspecified atom stereocenters. The van der Waals surface area contributed by atoms with Crippen molar-refractivity contribution < 1.29 is 4.79 Å². The van der Waals surface area contributed by atoms with Crippen LogP contribution >= 0.6 is 11.3 Å². The summed E-state index contributed by atoms with van der Waals surface area (Å²) < 4.78 is 0. The van der Waals surface area contributed by atoms with E-state index in [1.165, 1.54) is 24.2 Å². The molecule has 3 N–H and O–H groups in total. The average Bonchev–Trinajstić information content (AvgIpc) is 3.19. The molecule has 3 rings (SSSR count). The molecule has 1 fully saturated rings. The van der Waals surface area contributed by atoms with Crippen molar-refractivity contribution in [3.8, 4) is 0 Å². The first kappa shape index (κ1) is 13.1. The summed E-state index contributed by atoms with van der Waals surface area (Å²) in [6, 6.07) is 7.65. The quantitative estimate of drug-likeness (QED) is 0.830. The largest absolute Gasteiger partial charge is 0.399 e. The summed E-state index contributed by atoms with van der Waals surface area (Å²) in [6.07, 6.45) is 3.53. The highest BCUT2D eigenvalue weighted by molar-refractivity contribution is 7.13. The Bertz CT molecular complexity index is 619. The van der Waals surface area contributed by atoms with Crippen LogP contribution in [0, 0.1) is 0 Å². The van der Waals surface area contributed by atoms with Gasteiger partial charge >= 0.3 is 0 Å². The van der Waals surface area contributed by atoms with Crippen LogP contribution in [0.5, 0.6) is 0 Å². The number of hydrogen-bond donors (Lipinski definition) is 2. The van der Waals surface area contributed by atoms with E-state index in [1.807, 2.05) is 29.6 Å². The lowest BCUT2D eigenvalue weighted by Gasteiger charge is -2.05. The zero-order valence-electron chi connectivity index (χ0n) is 11.1. The molecule has 1 aromatic heterocycles. The second kappa shape index (κ2) is 5.63. The molecule has 0 bridgehead atoms. The van der Waals surface area contributed by atoms with Crippen molar-refractivity contribution in [2.24, 2.45) is 0 Å². The van der Waals surface area contributed by atoms with Gasteiger partial charge in [0.25, 0.3) is 0 Å². The zero-order chi connectivity index (χ0) is 13.9. The van der Waals surface area contributed by atoms with Gasteiger partial charge in [0.15, 0.2) is 5.13 Å². The Morgan fingerprint density at radius 1 is 1.40 bits per heavy atom. The van der Waals surface area contributed by atoms with Crippen LogP contribution in [0.1, 0.15) is 36.4 Å². The van der Waals surface area contributed by atoms with Crippen molar-refractivity contribution in [1.29, 1.82) is 0 Å². The Hall–Kier alpha value is -1.88. The molecule has 0 aliphatic heterocycles. The summed E-state index contributed by atoms with van der Waals surface area (Å²) in [5, 5.41) is 5.61. The highest BCUT2D eigenvalue weighted by Crippen LogP contribution is 2.40. The molecule has 104 valence electrons. The van der Waals surface area contributed by atoms with E-state index < -0.39 is 0 Å². The van der Waals surface area contributed by atoms with E-state index in [1.54, 1.807) is 0 Å². The van der Waals surface area contributed by atoms with E-state index in [2.05, 4.69) is 10.3 Å². The van der Waals surface area contributed by atoms with Crippen molar-refractivity contribution in [2.45, 2.75) is 31.6 Å². The SMILES string of the molecule is Nc1ccccc1CCC(=O)Nc1nc(C2CC2)cs1. The van der Waals surface area contributed by atoms with Crippen molar-refractivity contribution in [2.75, 3.05) is 11.1 Å². The van der Waals surface area contributed by atoms with Gasteiger partial charge in [0.05, 0.1) is 5.69 Å². The lowest BCUT2D eigenvalue weighted by molar-refractivity contribution is -0.116. The number of thiazole rings is 1. The number of carbonyl (C=O) groups excluding carboxylic acids is 1. The van der Waals surface area contributed by atoms with Gasteiger partial charge in [0.2, 0.25) is 5.91 Å². The predicted molar refractivity (Wildman–Crippen MR) is 81.9 cm³/mol. The minimum absolute atomic E-state index is 0.00931. The van der Waals surface area contributed by atoms with Crippen LogP contribution < -0.4 is 11.1 Å². The number of anilines is 2. The van der Waals surface area contributed by atoms with Gasteiger partial charge in [-0.05, 0) is 30.9 Å². The van der Waals surface area contributed by atoms with E-state index in [-0.39, 0.29) is 5.91 Å². The minimum atomic E-state index is -0.00931. The molecule has 5 heteroatoms. The smallest absolute Gasteiger partial charge is 0.226 e. The van der Waals surface area contributed by atoms with Gasteiger partial charge in [-0.2, -0.15) is 0 Å². The maximum Gasteiger partial charge on any atom is 0.226 e. The zero-order valence-corrected chi connectivity index (χ0v) is 12.0. The molecular weight excluding hydrogens is 270 g/mol. The number of amides is 1. The summed E-state index contributed by atoms with van der Waals surface area (Å²) in [5.41, 5.74) is 8.74. The third-order valence-corrected chi connectivity index (χ3v) is 4.22. The Balaban J connectivity index is 1.52. The van der Waals surface area contributed by atoms with Crippen molar-refractivity contribution in [3.63, 3.8) is 0 Å². The number of nitrogens with two attached hydrogens (primary N) is 1. The van der Waals surface area contributed by atoms with Crippen LogP contribution in [0.2, 0.25) is 0 Å². The first-order chi connectivity index (χ1) is 9.72.